The third kappa shape index (κ3) is 5.74. The zero-order valence-electron chi connectivity index (χ0n) is 29.0. The van der Waals surface area contributed by atoms with Gasteiger partial charge in [0, 0.05) is 36.1 Å². The van der Waals surface area contributed by atoms with E-state index in [4.69, 9.17) is 39.7 Å². The van der Waals surface area contributed by atoms with Gasteiger partial charge in [0.1, 0.15) is 45.1 Å². The van der Waals surface area contributed by atoms with Crippen LogP contribution in [0.3, 0.4) is 0 Å². The molecule has 1 aromatic heterocycles. The van der Waals surface area contributed by atoms with E-state index < -0.39 is 23.1 Å². The van der Waals surface area contributed by atoms with E-state index in [1.165, 1.54) is 20.3 Å². The van der Waals surface area contributed by atoms with Crippen molar-refractivity contribution in [3.63, 3.8) is 0 Å². The molecule has 0 radical (unpaired) electrons. The quantitative estimate of drug-likeness (QED) is 0.187. The highest BCUT2D eigenvalue weighted by Crippen LogP contribution is 2.54. The van der Waals surface area contributed by atoms with Gasteiger partial charge in [0.05, 0.1) is 46.5 Å². The molecule has 2 aliphatic rings. The molecule has 3 atom stereocenters. The fourth-order valence-corrected chi connectivity index (χ4v) is 7.10. The van der Waals surface area contributed by atoms with E-state index in [9.17, 15) is 14.4 Å². The van der Waals surface area contributed by atoms with Crippen molar-refractivity contribution in [3.05, 3.63) is 87.6 Å². The number of fused-ring (bicyclic) bond motifs is 2. The highest BCUT2D eigenvalue weighted by atomic mass is 35.5. The molecule has 3 aromatic carbocycles. The van der Waals surface area contributed by atoms with Crippen LogP contribution >= 0.6 is 11.6 Å². The molecule has 0 bridgehead atoms. The molecule has 12 heteroatoms. The Morgan fingerprint density at radius 1 is 0.920 bits per heavy atom. The number of Topliss-reactive ketones (excluding diaryl/α,β-unsaturated/α-hetero) is 2. The predicted molar refractivity (Wildman–Crippen MR) is 186 cm³/mol. The number of nitrogens with zero attached hydrogens (tertiary/aromatic N) is 1. The molecule has 1 aliphatic heterocycles. The van der Waals surface area contributed by atoms with Crippen molar-refractivity contribution in [3.8, 4) is 40.1 Å². The first-order valence-electron chi connectivity index (χ1n) is 16.1. The Morgan fingerprint density at radius 3 is 2.10 bits per heavy atom. The van der Waals surface area contributed by atoms with E-state index in [1.54, 1.807) is 45.4 Å². The van der Waals surface area contributed by atoms with Crippen LogP contribution in [0.15, 0.2) is 59.0 Å². The van der Waals surface area contributed by atoms with Crippen molar-refractivity contribution in [2.24, 2.45) is 5.92 Å². The minimum absolute atomic E-state index is 0.0166. The van der Waals surface area contributed by atoms with Crippen LogP contribution < -0.4 is 29.0 Å². The van der Waals surface area contributed by atoms with Gasteiger partial charge in [0.15, 0.2) is 5.75 Å². The van der Waals surface area contributed by atoms with Crippen LogP contribution in [0.1, 0.15) is 50.6 Å². The van der Waals surface area contributed by atoms with E-state index in [2.05, 4.69) is 5.32 Å². The number of benzene rings is 3. The number of hydrogen-bond donors (Lipinski definition) is 1. The van der Waals surface area contributed by atoms with Crippen molar-refractivity contribution in [2.45, 2.75) is 31.4 Å². The van der Waals surface area contributed by atoms with E-state index in [0.717, 1.165) is 11.3 Å². The molecule has 1 aliphatic carbocycles. The Hall–Kier alpha value is -5.00. The summed E-state index contributed by atoms with van der Waals surface area (Å²) in [6.45, 7) is 2.05. The third-order valence-electron chi connectivity index (χ3n) is 9.55. The maximum Gasteiger partial charge on any atom is 0.237 e. The number of furan rings is 1. The minimum Gasteiger partial charge on any atom is -0.497 e. The first-order valence-corrected chi connectivity index (χ1v) is 16.5. The number of carbonyl (C=O) groups is 3. The van der Waals surface area contributed by atoms with Crippen LogP contribution in [0, 0.1) is 5.92 Å². The van der Waals surface area contributed by atoms with Crippen LogP contribution in [0.25, 0.3) is 11.3 Å². The average molecular weight is 703 g/mol. The number of nitrogens with one attached hydrogen (secondary N) is 1. The van der Waals surface area contributed by atoms with E-state index >= 15 is 0 Å². The molecule has 262 valence electrons. The van der Waals surface area contributed by atoms with Gasteiger partial charge in [-0.15, -0.1) is 0 Å². The number of likely N-dealkylation sites (N-methyl/N-ethyl adjacent to an activating group) is 1. The van der Waals surface area contributed by atoms with Gasteiger partial charge < -0.3 is 38.3 Å². The summed E-state index contributed by atoms with van der Waals surface area (Å²) in [5.41, 5.74) is 0.227. The summed E-state index contributed by atoms with van der Waals surface area (Å²) in [6.07, 6.45) is -0.0129. The lowest BCUT2D eigenvalue weighted by Gasteiger charge is -2.35. The Labute approximate surface area is 295 Å². The second kappa shape index (κ2) is 13.7. The summed E-state index contributed by atoms with van der Waals surface area (Å²) in [5, 5.41) is 3.10. The van der Waals surface area contributed by atoms with Crippen LogP contribution in [0.4, 0.5) is 0 Å². The van der Waals surface area contributed by atoms with Crippen LogP contribution in [0.2, 0.25) is 5.02 Å². The zero-order valence-corrected chi connectivity index (χ0v) is 29.7. The lowest BCUT2D eigenvalue weighted by Crippen LogP contribution is -2.56. The number of methoxy groups -OCH3 is 4. The van der Waals surface area contributed by atoms with Gasteiger partial charge in [-0.25, -0.2) is 0 Å². The fraction of sp³-hybridized carbons (Fsp3) is 0.342. The van der Waals surface area contributed by atoms with Crippen LogP contribution in [0.5, 0.6) is 28.7 Å². The summed E-state index contributed by atoms with van der Waals surface area (Å²) in [5.74, 6) is 0.330. The molecule has 1 N–H and O–H groups in total. The van der Waals surface area contributed by atoms with Gasteiger partial charge >= 0.3 is 0 Å². The van der Waals surface area contributed by atoms with E-state index in [1.807, 2.05) is 43.3 Å². The standard InChI is InChI=1S/C38H39ClN2O9/c1-20-16-28-31(36(43)38(20)37(44)32-27(47-6)18-29(48-7)33(39)35(32)50-38)25(34(49-28)22-10-14-24(46-5)15-11-22)17-30(42)40-19-26(41(2)3)21-8-12-23(45-4)13-9-21/h8-15,18,20,26H,16-17,19H2,1-7H3,(H,40,42)/t20-,26?,38+/m1/s1. The second-order valence-electron chi connectivity index (χ2n) is 12.6. The maximum absolute atomic E-state index is 14.8. The molecule has 0 saturated heterocycles. The van der Waals surface area contributed by atoms with Crippen molar-refractivity contribution in [2.75, 3.05) is 49.1 Å². The topological polar surface area (TPSA) is 126 Å². The molecule has 0 saturated carbocycles. The molecular weight excluding hydrogens is 664 g/mol. The van der Waals surface area contributed by atoms with Gasteiger partial charge in [-0.1, -0.05) is 30.7 Å². The van der Waals surface area contributed by atoms with Gasteiger partial charge in [0.25, 0.3) is 0 Å². The number of halogens is 1. The van der Waals surface area contributed by atoms with Crippen molar-refractivity contribution < 1.29 is 42.5 Å². The molecule has 6 rings (SSSR count). The molecule has 1 unspecified atom stereocenters. The van der Waals surface area contributed by atoms with Crippen molar-refractivity contribution in [1.29, 1.82) is 0 Å². The number of ketones is 2. The number of carbonyl (C=O) groups excluding carboxylic acids is 3. The van der Waals surface area contributed by atoms with Crippen molar-refractivity contribution >= 4 is 29.1 Å². The first kappa shape index (κ1) is 34.8. The third-order valence-corrected chi connectivity index (χ3v) is 9.91. The lowest BCUT2D eigenvalue weighted by atomic mass is 9.70. The summed E-state index contributed by atoms with van der Waals surface area (Å²) >= 11 is 6.64. The number of amides is 1. The van der Waals surface area contributed by atoms with Gasteiger partial charge in [-0.2, -0.15) is 0 Å². The summed E-state index contributed by atoms with van der Waals surface area (Å²) in [6, 6.07) is 16.1. The highest BCUT2D eigenvalue weighted by molar-refractivity contribution is 6.36. The molecular formula is C38H39ClN2O9. The summed E-state index contributed by atoms with van der Waals surface area (Å²) in [4.78, 5) is 45.0. The largest absolute Gasteiger partial charge is 0.497 e. The maximum atomic E-state index is 14.8. The Bertz CT molecular complexity index is 1950. The molecule has 1 spiro atoms. The Kier molecular flexibility index (Phi) is 9.56. The monoisotopic (exact) mass is 702 g/mol. The zero-order chi connectivity index (χ0) is 35.9. The Balaban J connectivity index is 1.39. The SMILES string of the molecule is COc1ccc(-c2oc3c(c2CC(=O)NCC(c2ccc(OC)cc2)N(C)C)C(=O)[C@@]2(Oc4c(Cl)c(OC)cc(OC)c4C2=O)[C@H](C)C3)cc1. The molecule has 11 nitrogen and oxygen atoms in total. The normalized spacial score (nSPS) is 18.4. The minimum atomic E-state index is -1.96. The molecule has 0 fully saturated rings. The smallest absolute Gasteiger partial charge is 0.237 e. The molecule has 50 heavy (non-hydrogen) atoms. The summed E-state index contributed by atoms with van der Waals surface area (Å²) in [7, 11) is 9.88. The molecule has 4 aromatic rings. The van der Waals surface area contributed by atoms with Crippen LogP contribution in [-0.4, -0.2) is 77.1 Å². The second-order valence-corrected chi connectivity index (χ2v) is 12.9. The average Bonchev–Trinajstić information content (AvgIpc) is 3.63. The summed E-state index contributed by atoms with van der Waals surface area (Å²) < 4.78 is 34.3. The number of ether oxygens (including phenoxy) is 5. The highest BCUT2D eigenvalue weighted by Gasteiger charge is 2.63. The van der Waals surface area contributed by atoms with Gasteiger partial charge in [0.2, 0.25) is 23.1 Å². The van der Waals surface area contributed by atoms with Crippen LogP contribution in [-0.2, 0) is 17.6 Å². The lowest BCUT2D eigenvalue weighted by molar-refractivity contribution is -0.120. The molecule has 1 amide bonds. The molecule has 2 heterocycles. The van der Waals surface area contributed by atoms with E-state index in [-0.39, 0.29) is 58.2 Å². The number of hydrogen-bond acceptors (Lipinski definition) is 10. The first-order chi connectivity index (χ1) is 24.0. The number of rotatable bonds is 11. The van der Waals surface area contributed by atoms with E-state index in [0.29, 0.717) is 34.9 Å². The van der Waals surface area contributed by atoms with Crippen molar-refractivity contribution in [1.82, 2.24) is 10.2 Å². The fourth-order valence-electron chi connectivity index (χ4n) is 6.83. The van der Waals surface area contributed by atoms with Gasteiger partial charge in [-0.3, -0.25) is 14.4 Å². The Morgan fingerprint density at radius 2 is 1.52 bits per heavy atom. The predicted octanol–water partition coefficient (Wildman–Crippen LogP) is 5.99. The van der Waals surface area contributed by atoms with Gasteiger partial charge in [-0.05, 0) is 56.1 Å².